The van der Waals surface area contributed by atoms with E-state index in [1.807, 2.05) is 6.07 Å². The van der Waals surface area contributed by atoms with Crippen molar-refractivity contribution in [3.8, 4) is 0 Å². The van der Waals surface area contributed by atoms with Gasteiger partial charge < -0.3 is 15.8 Å². The molecule has 132 valence electrons. The Bertz CT molecular complexity index is 515. The van der Waals surface area contributed by atoms with Gasteiger partial charge in [-0.2, -0.15) is 0 Å². The first-order chi connectivity index (χ1) is 11.7. The number of nitrogens with one attached hydrogen (secondary N) is 1. The maximum Gasteiger partial charge on any atom is 0.222 e. The van der Waals surface area contributed by atoms with Crippen LogP contribution >= 0.6 is 0 Å². The number of ether oxygens (including phenoxy) is 1. The molecule has 1 amide bonds. The summed E-state index contributed by atoms with van der Waals surface area (Å²) >= 11 is 0. The molecule has 0 radical (unpaired) electrons. The van der Waals surface area contributed by atoms with Gasteiger partial charge in [-0.05, 0) is 31.2 Å². The smallest absolute Gasteiger partial charge is 0.222 e. The molecule has 3 rings (SSSR count). The third-order valence-electron chi connectivity index (χ3n) is 5.02. The third-order valence-corrected chi connectivity index (χ3v) is 5.02. The summed E-state index contributed by atoms with van der Waals surface area (Å²) < 4.78 is 5.80. The number of hydrogen-bond donors (Lipinski definition) is 2. The Balaban J connectivity index is 1.42. The van der Waals surface area contributed by atoms with E-state index in [0.29, 0.717) is 25.1 Å². The Morgan fingerprint density at radius 2 is 1.96 bits per heavy atom. The van der Waals surface area contributed by atoms with Crippen LogP contribution in [0, 0.1) is 0 Å². The van der Waals surface area contributed by atoms with Crippen LogP contribution in [0.2, 0.25) is 0 Å². The van der Waals surface area contributed by atoms with Gasteiger partial charge in [0.05, 0.1) is 19.1 Å². The summed E-state index contributed by atoms with van der Waals surface area (Å²) in [5, 5.41) is 3.16. The molecule has 0 spiro atoms. The molecule has 5 nitrogen and oxygen atoms in total. The highest BCUT2D eigenvalue weighted by molar-refractivity contribution is 5.76. The van der Waals surface area contributed by atoms with E-state index in [1.54, 1.807) is 0 Å². The molecule has 1 saturated carbocycles. The van der Waals surface area contributed by atoms with Gasteiger partial charge >= 0.3 is 0 Å². The zero-order valence-corrected chi connectivity index (χ0v) is 14.3. The summed E-state index contributed by atoms with van der Waals surface area (Å²) in [6, 6.07) is 11.1. The van der Waals surface area contributed by atoms with E-state index in [0.717, 1.165) is 45.3 Å². The number of morpholine rings is 1. The van der Waals surface area contributed by atoms with E-state index in [4.69, 9.17) is 10.5 Å². The number of benzene rings is 1. The first kappa shape index (κ1) is 17.4. The van der Waals surface area contributed by atoms with Crippen LogP contribution in [0.1, 0.15) is 37.7 Å². The van der Waals surface area contributed by atoms with E-state index in [2.05, 4.69) is 34.5 Å². The molecule has 5 heteroatoms. The van der Waals surface area contributed by atoms with E-state index in [-0.39, 0.29) is 12.0 Å². The molecule has 2 aliphatic rings. The summed E-state index contributed by atoms with van der Waals surface area (Å²) in [5.41, 5.74) is 7.22. The molecular weight excluding hydrogens is 302 g/mol. The Morgan fingerprint density at radius 3 is 2.71 bits per heavy atom. The van der Waals surface area contributed by atoms with Gasteiger partial charge in [-0.1, -0.05) is 30.3 Å². The Hall–Kier alpha value is -1.43. The summed E-state index contributed by atoms with van der Waals surface area (Å²) in [4.78, 5) is 14.7. The molecule has 1 atom stereocenters. The van der Waals surface area contributed by atoms with Crippen molar-refractivity contribution in [1.29, 1.82) is 0 Å². The minimum Gasteiger partial charge on any atom is -0.375 e. The zero-order chi connectivity index (χ0) is 16.8. The van der Waals surface area contributed by atoms with Gasteiger partial charge in [0, 0.05) is 31.7 Å². The molecule has 24 heavy (non-hydrogen) atoms. The molecule has 1 heterocycles. The van der Waals surface area contributed by atoms with Crippen molar-refractivity contribution in [2.45, 2.75) is 56.8 Å². The number of amides is 1. The first-order valence-corrected chi connectivity index (χ1v) is 9.12. The van der Waals surface area contributed by atoms with Crippen molar-refractivity contribution in [2.75, 3.05) is 19.7 Å². The molecule has 1 saturated heterocycles. The molecule has 2 fully saturated rings. The minimum atomic E-state index is -0.00619. The van der Waals surface area contributed by atoms with Crippen LogP contribution in [0.15, 0.2) is 30.3 Å². The van der Waals surface area contributed by atoms with Gasteiger partial charge in [0.25, 0.3) is 0 Å². The van der Waals surface area contributed by atoms with E-state index >= 15 is 0 Å². The fourth-order valence-electron chi connectivity index (χ4n) is 3.65. The maximum absolute atomic E-state index is 12.3. The first-order valence-electron chi connectivity index (χ1n) is 9.12. The van der Waals surface area contributed by atoms with Crippen LogP contribution < -0.4 is 11.1 Å². The summed E-state index contributed by atoms with van der Waals surface area (Å²) in [6.07, 6.45) is 4.46. The average Bonchev–Trinajstić information content (AvgIpc) is 2.58. The number of nitrogens with zero attached hydrogens (tertiary/aromatic N) is 1. The van der Waals surface area contributed by atoms with E-state index in [9.17, 15) is 4.79 Å². The molecule has 1 aliphatic heterocycles. The largest absolute Gasteiger partial charge is 0.375 e. The van der Waals surface area contributed by atoms with Gasteiger partial charge in [-0.3, -0.25) is 9.69 Å². The fourth-order valence-corrected chi connectivity index (χ4v) is 3.65. The monoisotopic (exact) mass is 331 g/mol. The highest BCUT2D eigenvalue weighted by Gasteiger charge is 2.25. The Morgan fingerprint density at radius 1 is 1.21 bits per heavy atom. The topological polar surface area (TPSA) is 67.6 Å². The standard InChI is InChI=1S/C19H29N3O2/c20-16-6-8-17(9-7-16)21-19(23)12-18-14-22(10-11-24-18)13-15-4-2-1-3-5-15/h1-5,16-18H,6-14,20H2,(H,21,23). The lowest BCUT2D eigenvalue weighted by molar-refractivity contribution is -0.127. The van der Waals surface area contributed by atoms with Crippen molar-refractivity contribution < 1.29 is 9.53 Å². The van der Waals surface area contributed by atoms with Crippen LogP contribution in [0.3, 0.4) is 0 Å². The minimum absolute atomic E-state index is 0.00619. The predicted octanol–water partition coefficient (Wildman–Crippen LogP) is 1.66. The van der Waals surface area contributed by atoms with Gasteiger partial charge in [0.15, 0.2) is 0 Å². The second-order valence-corrected chi connectivity index (χ2v) is 7.10. The normalized spacial score (nSPS) is 28.5. The third kappa shape index (κ3) is 5.30. The molecular formula is C19H29N3O2. The number of carbonyl (C=O) groups excluding carboxylic acids is 1. The van der Waals surface area contributed by atoms with Crippen LogP contribution in [0.5, 0.6) is 0 Å². The molecule has 1 aromatic rings. The highest BCUT2D eigenvalue weighted by atomic mass is 16.5. The predicted molar refractivity (Wildman–Crippen MR) is 94.5 cm³/mol. The number of hydrogen-bond acceptors (Lipinski definition) is 4. The zero-order valence-electron chi connectivity index (χ0n) is 14.3. The Labute approximate surface area is 144 Å². The van der Waals surface area contributed by atoms with Gasteiger partial charge in [0.2, 0.25) is 5.91 Å². The van der Waals surface area contributed by atoms with Gasteiger partial charge in [-0.15, -0.1) is 0 Å². The summed E-state index contributed by atoms with van der Waals surface area (Å²) in [6.45, 7) is 3.36. The lowest BCUT2D eigenvalue weighted by atomic mass is 9.91. The lowest BCUT2D eigenvalue weighted by Gasteiger charge is -2.33. The molecule has 1 aliphatic carbocycles. The fraction of sp³-hybridized carbons (Fsp3) is 0.632. The van der Waals surface area contributed by atoms with Crippen molar-refractivity contribution in [2.24, 2.45) is 5.73 Å². The number of carbonyl (C=O) groups is 1. The van der Waals surface area contributed by atoms with Crippen molar-refractivity contribution >= 4 is 5.91 Å². The van der Waals surface area contributed by atoms with Crippen molar-refractivity contribution in [3.05, 3.63) is 35.9 Å². The lowest BCUT2D eigenvalue weighted by Crippen LogP contribution is -2.46. The quantitative estimate of drug-likeness (QED) is 0.861. The highest BCUT2D eigenvalue weighted by Crippen LogP contribution is 2.18. The van der Waals surface area contributed by atoms with E-state index < -0.39 is 0 Å². The van der Waals surface area contributed by atoms with Gasteiger partial charge in [0.1, 0.15) is 0 Å². The second kappa shape index (κ2) is 8.60. The van der Waals surface area contributed by atoms with Crippen LogP contribution in [-0.2, 0) is 16.1 Å². The van der Waals surface area contributed by atoms with Crippen LogP contribution in [-0.4, -0.2) is 48.7 Å². The summed E-state index contributed by atoms with van der Waals surface area (Å²) in [7, 11) is 0. The van der Waals surface area contributed by atoms with Crippen LogP contribution in [0.4, 0.5) is 0 Å². The molecule has 0 aromatic heterocycles. The molecule has 1 aromatic carbocycles. The molecule has 3 N–H and O–H groups in total. The van der Waals surface area contributed by atoms with Crippen molar-refractivity contribution in [1.82, 2.24) is 10.2 Å². The van der Waals surface area contributed by atoms with E-state index in [1.165, 1.54) is 5.56 Å². The maximum atomic E-state index is 12.3. The molecule has 1 unspecified atom stereocenters. The number of nitrogens with two attached hydrogens (primary N) is 1. The van der Waals surface area contributed by atoms with Crippen molar-refractivity contribution in [3.63, 3.8) is 0 Å². The summed E-state index contributed by atoms with van der Waals surface area (Å²) in [5.74, 6) is 0.113. The van der Waals surface area contributed by atoms with Gasteiger partial charge in [-0.25, -0.2) is 0 Å². The number of rotatable bonds is 5. The average molecular weight is 331 g/mol. The second-order valence-electron chi connectivity index (χ2n) is 7.10. The Kier molecular flexibility index (Phi) is 6.24. The van der Waals surface area contributed by atoms with Crippen LogP contribution in [0.25, 0.3) is 0 Å². The molecule has 0 bridgehead atoms. The SMILES string of the molecule is NC1CCC(NC(=O)CC2CN(Cc3ccccc3)CCO2)CC1.